The Morgan fingerprint density at radius 1 is 1.60 bits per heavy atom. The summed E-state index contributed by atoms with van der Waals surface area (Å²) in [6.07, 6.45) is 2.57. The van der Waals surface area contributed by atoms with Gasteiger partial charge in [0, 0.05) is 6.42 Å². The Bertz CT molecular complexity index is 208. The summed E-state index contributed by atoms with van der Waals surface area (Å²) in [6, 6.07) is 4.37. The zero-order valence-corrected chi connectivity index (χ0v) is 6.09. The molecule has 2 atom stereocenters. The van der Waals surface area contributed by atoms with Crippen molar-refractivity contribution in [2.45, 2.75) is 26.2 Å². The molecule has 52 valence electrons. The van der Waals surface area contributed by atoms with Gasteiger partial charge in [-0.15, -0.1) is 0 Å². The summed E-state index contributed by atoms with van der Waals surface area (Å²) >= 11 is 0. The van der Waals surface area contributed by atoms with Crippen LogP contribution in [0.1, 0.15) is 26.2 Å². The van der Waals surface area contributed by atoms with E-state index in [9.17, 15) is 0 Å². The van der Waals surface area contributed by atoms with Gasteiger partial charge < -0.3 is 0 Å². The van der Waals surface area contributed by atoms with Gasteiger partial charge in [-0.3, -0.25) is 0 Å². The van der Waals surface area contributed by atoms with Gasteiger partial charge in [0.05, 0.1) is 17.6 Å². The number of nitriles is 2. The molecule has 0 aromatic heterocycles. The van der Waals surface area contributed by atoms with Gasteiger partial charge >= 0.3 is 0 Å². The van der Waals surface area contributed by atoms with Gasteiger partial charge in [0.25, 0.3) is 0 Å². The molecule has 0 aliphatic heterocycles. The maximum absolute atomic E-state index is 8.68. The Labute approximate surface area is 61.1 Å². The lowest BCUT2D eigenvalue weighted by molar-refractivity contribution is 0.120. The lowest BCUT2D eigenvalue weighted by Crippen LogP contribution is -2.35. The van der Waals surface area contributed by atoms with Gasteiger partial charge in [-0.1, -0.05) is 0 Å². The van der Waals surface area contributed by atoms with Gasteiger partial charge in [0.2, 0.25) is 0 Å². The Balaban J connectivity index is 2.53. The molecule has 1 aliphatic carbocycles. The molecule has 1 fully saturated rings. The van der Waals surface area contributed by atoms with Crippen molar-refractivity contribution in [1.29, 1.82) is 10.5 Å². The average molecular weight is 134 g/mol. The minimum atomic E-state index is -0.185. The van der Waals surface area contributed by atoms with Crippen molar-refractivity contribution in [3.05, 3.63) is 0 Å². The second-order valence-corrected chi connectivity index (χ2v) is 3.13. The standard InChI is InChI=1S/C8H10N2/c1-8(6-10)4-2-7(8)3-5-9/h7H,2-4H2,1H3. The smallest absolute Gasteiger partial charge is 0.0690 e. The predicted octanol–water partition coefficient (Wildman–Crippen LogP) is 1.84. The fraction of sp³-hybridized carbons (Fsp3) is 0.750. The molecule has 10 heavy (non-hydrogen) atoms. The molecule has 1 rings (SSSR count). The van der Waals surface area contributed by atoms with Crippen LogP contribution in [0.5, 0.6) is 0 Å². The predicted molar refractivity (Wildman–Crippen MR) is 36.7 cm³/mol. The lowest BCUT2D eigenvalue weighted by atomic mass is 9.61. The Hall–Kier alpha value is -1.02. The van der Waals surface area contributed by atoms with E-state index in [0.29, 0.717) is 12.3 Å². The van der Waals surface area contributed by atoms with E-state index in [-0.39, 0.29) is 5.41 Å². The summed E-state index contributed by atoms with van der Waals surface area (Å²) in [5, 5.41) is 17.1. The highest BCUT2D eigenvalue weighted by atomic mass is 14.5. The maximum Gasteiger partial charge on any atom is 0.0690 e. The topological polar surface area (TPSA) is 47.6 Å². The molecule has 0 aromatic rings. The van der Waals surface area contributed by atoms with Crippen molar-refractivity contribution in [2.75, 3.05) is 0 Å². The Morgan fingerprint density at radius 2 is 2.30 bits per heavy atom. The van der Waals surface area contributed by atoms with Gasteiger partial charge in [-0.25, -0.2) is 0 Å². The summed E-state index contributed by atoms with van der Waals surface area (Å²) in [4.78, 5) is 0. The highest BCUT2D eigenvalue weighted by molar-refractivity contribution is 5.08. The van der Waals surface area contributed by atoms with Crippen LogP contribution in [-0.2, 0) is 0 Å². The maximum atomic E-state index is 8.68. The zero-order valence-electron chi connectivity index (χ0n) is 6.09. The van der Waals surface area contributed by atoms with E-state index < -0.39 is 0 Å². The molecule has 0 saturated heterocycles. The first-order valence-corrected chi connectivity index (χ1v) is 3.51. The second kappa shape index (κ2) is 2.31. The number of rotatable bonds is 1. The zero-order chi connectivity index (χ0) is 7.61. The van der Waals surface area contributed by atoms with Crippen LogP contribution in [0.15, 0.2) is 0 Å². The third kappa shape index (κ3) is 0.866. The van der Waals surface area contributed by atoms with Crippen LogP contribution in [-0.4, -0.2) is 0 Å². The van der Waals surface area contributed by atoms with E-state index in [4.69, 9.17) is 10.5 Å². The molecule has 0 aromatic carbocycles. The van der Waals surface area contributed by atoms with Crippen LogP contribution >= 0.6 is 0 Å². The molecule has 0 spiro atoms. The van der Waals surface area contributed by atoms with Crippen molar-refractivity contribution < 1.29 is 0 Å². The molecule has 2 unspecified atom stereocenters. The fourth-order valence-electron chi connectivity index (χ4n) is 1.37. The molecule has 2 heteroatoms. The number of hydrogen-bond acceptors (Lipinski definition) is 2. The summed E-state index contributed by atoms with van der Waals surface area (Å²) < 4.78 is 0. The number of nitrogens with zero attached hydrogens (tertiary/aromatic N) is 2. The van der Waals surface area contributed by atoms with Crippen molar-refractivity contribution in [1.82, 2.24) is 0 Å². The lowest BCUT2D eigenvalue weighted by Gasteiger charge is -2.40. The SMILES string of the molecule is CC1(C#N)CCC1CC#N. The quantitative estimate of drug-likeness (QED) is 0.549. The van der Waals surface area contributed by atoms with E-state index in [1.54, 1.807) is 0 Å². The third-order valence-corrected chi connectivity index (χ3v) is 2.51. The largest absolute Gasteiger partial charge is 0.198 e. The van der Waals surface area contributed by atoms with Crippen molar-refractivity contribution in [2.24, 2.45) is 11.3 Å². The highest BCUT2D eigenvalue weighted by Gasteiger charge is 2.42. The molecule has 0 N–H and O–H groups in total. The Morgan fingerprint density at radius 3 is 2.60 bits per heavy atom. The van der Waals surface area contributed by atoms with E-state index in [2.05, 4.69) is 12.1 Å². The van der Waals surface area contributed by atoms with Gasteiger partial charge in [-0.2, -0.15) is 10.5 Å². The fourth-order valence-corrected chi connectivity index (χ4v) is 1.37. The van der Waals surface area contributed by atoms with Crippen LogP contribution in [0.4, 0.5) is 0 Å². The minimum absolute atomic E-state index is 0.185. The second-order valence-electron chi connectivity index (χ2n) is 3.13. The summed E-state index contributed by atoms with van der Waals surface area (Å²) in [7, 11) is 0. The molecule has 0 radical (unpaired) electrons. The Kier molecular flexibility index (Phi) is 1.64. The number of hydrogen-bond donors (Lipinski definition) is 0. The van der Waals surface area contributed by atoms with Crippen molar-refractivity contribution in [3.8, 4) is 12.1 Å². The summed E-state index contributed by atoms with van der Waals surface area (Å²) in [6.45, 7) is 1.94. The normalized spacial score (nSPS) is 37.3. The summed E-state index contributed by atoms with van der Waals surface area (Å²) in [5.41, 5.74) is -0.185. The van der Waals surface area contributed by atoms with Gasteiger partial charge in [0.1, 0.15) is 0 Å². The van der Waals surface area contributed by atoms with Crippen LogP contribution in [0.2, 0.25) is 0 Å². The molecule has 0 bridgehead atoms. The molecular formula is C8H10N2. The third-order valence-electron chi connectivity index (χ3n) is 2.51. The van der Waals surface area contributed by atoms with Crippen LogP contribution in [0, 0.1) is 34.0 Å². The highest BCUT2D eigenvalue weighted by Crippen LogP contribution is 2.47. The average Bonchev–Trinajstić information content (AvgIpc) is 1.96. The molecular weight excluding hydrogens is 124 g/mol. The van der Waals surface area contributed by atoms with Gasteiger partial charge in [0.15, 0.2) is 0 Å². The van der Waals surface area contributed by atoms with E-state index in [1.165, 1.54) is 0 Å². The van der Waals surface area contributed by atoms with E-state index in [0.717, 1.165) is 12.8 Å². The summed E-state index contributed by atoms with van der Waals surface area (Å²) in [5.74, 6) is 0.336. The molecule has 1 aliphatic rings. The molecule has 0 amide bonds. The monoisotopic (exact) mass is 134 g/mol. The van der Waals surface area contributed by atoms with Crippen LogP contribution in [0.3, 0.4) is 0 Å². The first-order chi connectivity index (χ1) is 4.73. The van der Waals surface area contributed by atoms with Crippen molar-refractivity contribution >= 4 is 0 Å². The molecule has 1 saturated carbocycles. The first kappa shape index (κ1) is 7.09. The van der Waals surface area contributed by atoms with Crippen LogP contribution < -0.4 is 0 Å². The van der Waals surface area contributed by atoms with Crippen molar-refractivity contribution in [3.63, 3.8) is 0 Å². The van der Waals surface area contributed by atoms with Gasteiger partial charge in [-0.05, 0) is 25.7 Å². The van der Waals surface area contributed by atoms with E-state index >= 15 is 0 Å². The molecule has 2 nitrogen and oxygen atoms in total. The molecule has 0 heterocycles. The van der Waals surface area contributed by atoms with Crippen LogP contribution in [0.25, 0.3) is 0 Å². The first-order valence-electron chi connectivity index (χ1n) is 3.51. The minimum Gasteiger partial charge on any atom is -0.198 e. The van der Waals surface area contributed by atoms with E-state index in [1.807, 2.05) is 6.92 Å².